The van der Waals surface area contributed by atoms with Crippen molar-refractivity contribution in [3.05, 3.63) is 71.8 Å². The van der Waals surface area contributed by atoms with Crippen LogP contribution >= 0.6 is 0 Å². The lowest BCUT2D eigenvalue weighted by molar-refractivity contribution is 0.0953. The number of aliphatic imine (C=N–C) groups is 1. The Hall–Kier alpha value is -2.82. The van der Waals surface area contributed by atoms with Gasteiger partial charge in [-0.3, -0.25) is 4.79 Å². The molecule has 5 nitrogen and oxygen atoms in total. The van der Waals surface area contributed by atoms with Crippen molar-refractivity contribution in [3.8, 4) is 0 Å². The predicted molar refractivity (Wildman–Crippen MR) is 93.2 cm³/mol. The number of amides is 1. The third-order valence-electron chi connectivity index (χ3n) is 3.26. The monoisotopic (exact) mass is 310 g/mol. The molecule has 2 aromatic carbocycles. The fourth-order valence-electron chi connectivity index (χ4n) is 2.01. The number of benzene rings is 2. The van der Waals surface area contributed by atoms with Crippen molar-refractivity contribution in [1.29, 1.82) is 0 Å². The van der Waals surface area contributed by atoms with E-state index >= 15 is 0 Å². The number of nitrogens with two attached hydrogens (primary N) is 1. The van der Waals surface area contributed by atoms with E-state index in [1.54, 1.807) is 12.1 Å². The van der Waals surface area contributed by atoms with Crippen molar-refractivity contribution in [3.63, 3.8) is 0 Å². The molecule has 0 radical (unpaired) electrons. The van der Waals surface area contributed by atoms with Crippen molar-refractivity contribution in [1.82, 2.24) is 10.6 Å². The van der Waals surface area contributed by atoms with Gasteiger partial charge in [0, 0.05) is 18.7 Å². The van der Waals surface area contributed by atoms with Gasteiger partial charge in [0.1, 0.15) is 0 Å². The fraction of sp³-hybridized carbons (Fsp3) is 0.222. The molecule has 120 valence electrons. The van der Waals surface area contributed by atoms with Crippen LogP contribution in [0.2, 0.25) is 0 Å². The Balaban J connectivity index is 1.60. The van der Waals surface area contributed by atoms with Gasteiger partial charge in [-0.05, 0) is 24.1 Å². The summed E-state index contributed by atoms with van der Waals surface area (Å²) in [5, 5.41) is 5.91. The standard InChI is InChI=1S/C18H22N4O/c19-18(22-14-15-8-3-1-4-9-15)21-13-7-12-20-17(23)16-10-5-2-6-11-16/h1-6,8-11H,7,12-14H2,(H,20,23)(H3,19,21,22). The minimum absolute atomic E-state index is 0.0590. The molecule has 2 aromatic rings. The zero-order chi connectivity index (χ0) is 16.3. The molecular weight excluding hydrogens is 288 g/mol. The van der Waals surface area contributed by atoms with E-state index in [9.17, 15) is 4.79 Å². The summed E-state index contributed by atoms with van der Waals surface area (Å²) in [6.07, 6.45) is 0.778. The van der Waals surface area contributed by atoms with Gasteiger partial charge >= 0.3 is 0 Å². The van der Waals surface area contributed by atoms with Crippen LogP contribution in [0.5, 0.6) is 0 Å². The average Bonchev–Trinajstić information content (AvgIpc) is 2.61. The SMILES string of the molecule is NC(=NCc1ccccc1)NCCCNC(=O)c1ccccc1. The second kappa shape index (κ2) is 9.25. The summed E-state index contributed by atoms with van der Waals surface area (Å²) in [6.45, 7) is 1.82. The first-order valence-electron chi connectivity index (χ1n) is 7.66. The molecule has 5 heteroatoms. The fourth-order valence-corrected chi connectivity index (χ4v) is 2.01. The molecule has 23 heavy (non-hydrogen) atoms. The summed E-state index contributed by atoms with van der Waals surface area (Å²) < 4.78 is 0. The Morgan fingerprint density at radius 1 is 0.913 bits per heavy atom. The summed E-state index contributed by atoms with van der Waals surface area (Å²) in [7, 11) is 0. The molecule has 0 aliphatic heterocycles. The molecule has 0 spiro atoms. The lowest BCUT2D eigenvalue weighted by Gasteiger charge is -2.07. The highest BCUT2D eigenvalue weighted by Crippen LogP contribution is 1.99. The quantitative estimate of drug-likeness (QED) is 0.415. The van der Waals surface area contributed by atoms with Gasteiger partial charge in [0.15, 0.2) is 5.96 Å². The van der Waals surface area contributed by atoms with Crippen molar-refractivity contribution in [2.24, 2.45) is 10.7 Å². The van der Waals surface area contributed by atoms with E-state index in [4.69, 9.17) is 5.73 Å². The summed E-state index contributed by atoms with van der Waals surface area (Å²) in [5.74, 6) is 0.361. The van der Waals surface area contributed by atoms with Crippen LogP contribution in [0.3, 0.4) is 0 Å². The summed E-state index contributed by atoms with van der Waals surface area (Å²) >= 11 is 0. The van der Waals surface area contributed by atoms with Crippen molar-refractivity contribution < 1.29 is 4.79 Å². The number of rotatable bonds is 7. The van der Waals surface area contributed by atoms with Crippen LogP contribution in [-0.4, -0.2) is 25.0 Å². The van der Waals surface area contributed by atoms with Gasteiger partial charge in [-0.15, -0.1) is 0 Å². The van der Waals surface area contributed by atoms with Gasteiger partial charge in [0.2, 0.25) is 0 Å². The highest BCUT2D eigenvalue weighted by atomic mass is 16.1. The van der Waals surface area contributed by atoms with E-state index in [0.717, 1.165) is 12.0 Å². The van der Waals surface area contributed by atoms with Crippen molar-refractivity contribution in [2.75, 3.05) is 13.1 Å². The number of hydrogen-bond donors (Lipinski definition) is 3. The smallest absolute Gasteiger partial charge is 0.251 e. The van der Waals surface area contributed by atoms with E-state index in [2.05, 4.69) is 15.6 Å². The molecule has 0 unspecified atom stereocenters. The molecule has 0 bridgehead atoms. The molecule has 0 aliphatic rings. The van der Waals surface area contributed by atoms with Gasteiger partial charge in [-0.25, -0.2) is 4.99 Å². The molecule has 1 amide bonds. The topological polar surface area (TPSA) is 79.5 Å². The van der Waals surface area contributed by atoms with Crippen molar-refractivity contribution in [2.45, 2.75) is 13.0 Å². The molecule has 0 saturated carbocycles. The molecule has 0 saturated heterocycles. The van der Waals surface area contributed by atoms with Crippen molar-refractivity contribution >= 4 is 11.9 Å². The molecule has 0 aromatic heterocycles. The number of guanidine groups is 1. The largest absolute Gasteiger partial charge is 0.370 e. The maximum atomic E-state index is 11.8. The molecule has 4 N–H and O–H groups in total. The van der Waals surface area contributed by atoms with Crippen LogP contribution in [0.1, 0.15) is 22.3 Å². The van der Waals surface area contributed by atoms with E-state index in [1.165, 1.54) is 0 Å². The summed E-state index contributed by atoms with van der Waals surface area (Å²) in [6, 6.07) is 19.1. The van der Waals surface area contributed by atoms with Gasteiger partial charge < -0.3 is 16.4 Å². The summed E-state index contributed by atoms with van der Waals surface area (Å²) in [5.41, 5.74) is 7.59. The molecule has 0 aliphatic carbocycles. The van der Waals surface area contributed by atoms with Crippen LogP contribution in [0.15, 0.2) is 65.7 Å². The number of nitrogens with one attached hydrogen (secondary N) is 2. The van der Waals surface area contributed by atoms with Crippen LogP contribution < -0.4 is 16.4 Å². The van der Waals surface area contributed by atoms with E-state index in [1.807, 2.05) is 48.5 Å². The first kappa shape index (κ1) is 16.5. The van der Waals surface area contributed by atoms with Crippen LogP contribution in [0, 0.1) is 0 Å². The number of nitrogens with zero attached hydrogens (tertiary/aromatic N) is 1. The zero-order valence-electron chi connectivity index (χ0n) is 13.0. The lowest BCUT2D eigenvalue weighted by atomic mass is 10.2. The van der Waals surface area contributed by atoms with E-state index in [0.29, 0.717) is 31.2 Å². The minimum atomic E-state index is -0.0590. The maximum absolute atomic E-state index is 11.8. The van der Waals surface area contributed by atoms with Gasteiger partial charge in [-0.1, -0.05) is 48.5 Å². The Bertz CT molecular complexity index is 626. The van der Waals surface area contributed by atoms with Crippen LogP contribution in [0.25, 0.3) is 0 Å². The maximum Gasteiger partial charge on any atom is 0.251 e. The minimum Gasteiger partial charge on any atom is -0.370 e. The van der Waals surface area contributed by atoms with Crippen LogP contribution in [0.4, 0.5) is 0 Å². The Morgan fingerprint density at radius 2 is 1.52 bits per heavy atom. The van der Waals surface area contributed by atoms with Gasteiger partial charge in [0.25, 0.3) is 5.91 Å². The molecule has 0 atom stereocenters. The Kier molecular flexibility index (Phi) is 6.65. The van der Waals surface area contributed by atoms with Crippen LogP contribution in [-0.2, 0) is 6.54 Å². The second-order valence-electron chi connectivity index (χ2n) is 5.09. The number of carbonyl (C=O) groups excluding carboxylic acids is 1. The molecule has 0 heterocycles. The predicted octanol–water partition coefficient (Wildman–Crippen LogP) is 1.91. The highest BCUT2D eigenvalue weighted by Gasteiger charge is 2.02. The number of carbonyl (C=O) groups is 1. The molecule has 0 fully saturated rings. The van der Waals surface area contributed by atoms with E-state index in [-0.39, 0.29) is 5.91 Å². The highest BCUT2D eigenvalue weighted by molar-refractivity contribution is 5.94. The van der Waals surface area contributed by atoms with Gasteiger partial charge in [-0.2, -0.15) is 0 Å². The first-order valence-corrected chi connectivity index (χ1v) is 7.66. The third-order valence-corrected chi connectivity index (χ3v) is 3.26. The Labute approximate surface area is 136 Å². The third kappa shape index (κ3) is 6.22. The summed E-state index contributed by atoms with van der Waals surface area (Å²) in [4.78, 5) is 16.1. The lowest BCUT2D eigenvalue weighted by Crippen LogP contribution is -2.34. The number of hydrogen-bond acceptors (Lipinski definition) is 2. The first-order chi connectivity index (χ1) is 11.3. The van der Waals surface area contributed by atoms with Gasteiger partial charge in [0.05, 0.1) is 6.54 Å². The Morgan fingerprint density at radius 3 is 2.22 bits per heavy atom. The second-order valence-corrected chi connectivity index (χ2v) is 5.09. The molecule has 2 rings (SSSR count). The zero-order valence-corrected chi connectivity index (χ0v) is 13.0. The van der Waals surface area contributed by atoms with E-state index < -0.39 is 0 Å². The average molecular weight is 310 g/mol. The normalized spacial score (nSPS) is 11.0. The molecular formula is C18H22N4O.